The van der Waals surface area contributed by atoms with E-state index in [0.29, 0.717) is 17.3 Å². The normalized spacial score (nSPS) is 12.0. The maximum atomic E-state index is 10.6. The Morgan fingerprint density at radius 2 is 1.83 bits per heavy atom. The third-order valence-corrected chi connectivity index (χ3v) is 3.48. The minimum atomic E-state index is -1.32. The smallest absolute Gasteiger partial charge is 0.348 e. The van der Waals surface area contributed by atoms with E-state index in [1.807, 2.05) is 0 Å². The van der Waals surface area contributed by atoms with E-state index in [9.17, 15) is 4.79 Å². The Morgan fingerprint density at radius 3 is 2.38 bits per heavy atom. The molecule has 0 saturated heterocycles. The molecule has 1 heterocycles. The fraction of sp³-hybridized carbons (Fsp3) is 0.0625. The summed E-state index contributed by atoms with van der Waals surface area (Å²) < 4.78 is 10.6. The van der Waals surface area contributed by atoms with Gasteiger partial charge in [-0.05, 0) is 30.3 Å². The standard InChI is InChI=1S/C16H12Cl2N2O4/c1-23-11-3-5-12(6-4-11)24-14-7-2-10(8-20-14)19-9-13(17)15(18)16(21)22/h2-9H,1H3,(H,21,22)/b15-13-,19-9?. The highest BCUT2D eigenvalue weighted by atomic mass is 35.5. The number of rotatable bonds is 6. The summed E-state index contributed by atoms with van der Waals surface area (Å²) in [5.41, 5.74) is 0.463. The van der Waals surface area contributed by atoms with Crippen LogP contribution in [0.3, 0.4) is 0 Å². The number of benzene rings is 1. The van der Waals surface area contributed by atoms with Gasteiger partial charge in [0.2, 0.25) is 5.88 Å². The van der Waals surface area contributed by atoms with Gasteiger partial charge in [-0.15, -0.1) is 0 Å². The van der Waals surface area contributed by atoms with E-state index < -0.39 is 11.0 Å². The van der Waals surface area contributed by atoms with Gasteiger partial charge in [0.05, 0.1) is 24.0 Å². The summed E-state index contributed by atoms with van der Waals surface area (Å²) in [4.78, 5) is 18.7. The summed E-state index contributed by atoms with van der Waals surface area (Å²) in [5, 5.41) is 8.00. The van der Waals surface area contributed by atoms with Crippen LogP contribution in [0.2, 0.25) is 0 Å². The van der Waals surface area contributed by atoms with Crippen molar-refractivity contribution in [3.8, 4) is 17.4 Å². The monoisotopic (exact) mass is 366 g/mol. The molecular formula is C16H12Cl2N2O4. The first-order valence-electron chi connectivity index (χ1n) is 6.60. The Bertz CT molecular complexity index is 772. The van der Waals surface area contributed by atoms with Gasteiger partial charge in [-0.25, -0.2) is 9.78 Å². The number of aliphatic imine (C=N–C) groups is 1. The van der Waals surface area contributed by atoms with Crippen molar-refractivity contribution in [1.29, 1.82) is 0 Å². The second-order valence-electron chi connectivity index (χ2n) is 4.36. The van der Waals surface area contributed by atoms with Crippen molar-refractivity contribution >= 4 is 41.1 Å². The fourth-order valence-corrected chi connectivity index (χ4v) is 1.74. The highest BCUT2D eigenvalue weighted by Crippen LogP contribution is 2.23. The van der Waals surface area contributed by atoms with Crippen LogP contribution >= 0.6 is 23.2 Å². The Balaban J connectivity index is 2.04. The Hall–Kier alpha value is -2.57. The van der Waals surface area contributed by atoms with Gasteiger partial charge in [-0.3, -0.25) is 4.99 Å². The number of hydrogen-bond donors (Lipinski definition) is 1. The van der Waals surface area contributed by atoms with Crippen molar-refractivity contribution in [1.82, 2.24) is 4.98 Å². The lowest BCUT2D eigenvalue weighted by Gasteiger charge is -2.05. The molecular weight excluding hydrogens is 355 g/mol. The topological polar surface area (TPSA) is 81.0 Å². The Morgan fingerprint density at radius 1 is 1.17 bits per heavy atom. The van der Waals surface area contributed by atoms with Gasteiger partial charge in [0, 0.05) is 12.3 Å². The first-order valence-corrected chi connectivity index (χ1v) is 7.36. The van der Waals surface area contributed by atoms with Crippen molar-refractivity contribution in [3.05, 3.63) is 52.7 Å². The minimum absolute atomic E-state index is 0.178. The van der Waals surface area contributed by atoms with Gasteiger partial charge < -0.3 is 14.6 Å². The van der Waals surface area contributed by atoms with Crippen LogP contribution in [0.1, 0.15) is 0 Å². The number of aliphatic carboxylic acids is 1. The van der Waals surface area contributed by atoms with Crippen LogP contribution < -0.4 is 9.47 Å². The van der Waals surface area contributed by atoms with E-state index in [2.05, 4.69) is 9.98 Å². The van der Waals surface area contributed by atoms with E-state index in [1.54, 1.807) is 43.5 Å². The number of nitrogens with zero attached hydrogens (tertiary/aromatic N) is 2. The highest BCUT2D eigenvalue weighted by Gasteiger charge is 2.07. The summed E-state index contributed by atoms with van der Waals surface area (Å²) in [7, 11) is 1.59. The van der Waals surface area contributed by atoms with Gasteiger partial charge in [0.25, 0.3) is 0 Å². The molecule has 2 rings (SSSR count). The average molecular weight is 367 g/mol. The zero-order chi connectivity index (χ0) is 17.5. The molecule has 0 bridgehead atoms. The summed E-state index contributed by atoms with van der Waals surface area (Å²) in [5.74, 6) is 0.391. The highest BCUT2D eigenvalue weighted by molar-refractivity contribution is 6.51. The molecule has 0 aliphatic heterocycles. The average Bonchev–Trinajstić information content (AvgIpc) is 2.60. The lowest BCUT2D eigenvalue weighted by Crippen LogP contribution is -1.96. The fourth-order valence-electron chi connectivity index (χ4n) is 1.56. The molecule has 0 radical (unpaired) electrons. The van der Waals surface area contributed by atoms with Crippen LogP contribution in [0.15, 0.2) is 57.7 Å². The van der Waals surface area contributed by atoms with Gasteiger partial charge >= 0.3 is 5.97 Å². The van der Waals surface area contributed by atoms with Crippen molar-refractivity contribution in [3.63, 3.8) is 0 Å². The molecule has 0 aliphatic carbocycles. The number of allylic oxidation sites excluding steroid dienone is 1. The number of carboxylic acid groups (broad SMARTS) is 1. The van der Waals surface area contributed by atoms with Crippen LogP contribution in [-0.4, -0.2) is 29.4 Å². The zero-order valence-electron chi connectivity index (χ0n) is 12.4. The number of pyridine rings is 1. The van der Waals surface area contributed by atoms with Gasteiger partial charge in [0.15, 0.2) is 0 Å². The van der Waals surface area contributed by atoms with Gasteiger partial charge in [-0.2, -0.15) is 0 Å². The molecule has 0 atom stereocenters. The SMILES string of the molecule is COc1ccc(Oc2ccc(N=C/C(Cl)=C(/Cl)C(=O)O)cn2)cc1. The van der Waals surface area contributed by atoms with Gasteiger partial charge in [-0.1, -0.05) is 23.2 Å². The summed E-state index contributed by atoms with van der Waals surface area (Å²) >= 11 is 11.2. The van der Waals surface area contributed by atoms with Crippen molar-refractivity contribution < 1.29 is 19.4 Å². The zero-order valence-corrected chi connectivity index (χ0v) is 14.0. The molecule has 2 aromatic rings. The number of ether oxygens (including phenoxy) is 2. The molecule has 24 heavy (non-hydrogen) atoms. The summed E-state index contributed by atoms with van der Waals surface area (Å²) in [6.45, 7) is 0. The molecule has 0 spiro atoms. The molecule has 0 fully saturated rings. The molecule has 1 N–H and O–H groups in total. The van der Waals surface area contributed by atoms with Crippen LogP contribution in [0.5, 0.6) is 17.4 Å². The quantitative estimate of drug-likeness (QED) is 0.606. The molecule has 1 aromatic heterocycles. The van der Waals surface area contributed by atoms with Crippen molar-refractivity contribution in [2.24, 2.45) is 4.99 Å². The number of hydrogen-bond acceptors (Lipinski definition) is 5. The first-order chi connectivity index (χ1) is 11.5. The van der Waals surface area contributed by atoms with E-state index in [0.717, 1.165) is 12.0 Å². The predicted molar refractivity (Wildman–Crippen MR) is 91.8 cm³/mol. The summed E-state index contributed by atoms with van der Waals surface area (Å²) in [6, 6.07) is 10.3. The van der Waals surface area contributed by atoms with Crippen molar-refractivity contribution in [2.75, 3.05) is 7.11 Å². The Kier molecular flexibility index (Phi) is 6.17. The molecule has 0 saturated carbocycles. The molecule has 124 valence electrons. The largest absolute Gasteiger partial charge is 0.497 e. The number of methoxy groups -OCH3 is 1. The lowest BCUT2D eigenvalue weighted by molar-refractivity contribution is -0.131. The number of halogens is 2. The number of carboxylic acids is 1. The van der Waals surface area contributed by atoms with Crippen LogP contribution in [0.25, 0.3) is 0 Å². The van der Waals surface area contributed by atoms with Gasteiger partial charge in [0.1, 0.15) is 16.5 Å². The molecule has 0 aliphatic rings. The second kappa shape index (κ2) is 8.33. The molecule has 6 nitrogen and oxygen atoms in total. The lowest BCUT2D eigenvalue weighted by atomic mass is 10.3. The predicted octanol–water partition coefficient (Wildman–Crippen LogP) is 4.36. The number of carbonyl (C=O) groups is 1. The third kappa shape index (κ3) is 4.97. The molecule has 8 heteroatoms. The maximum Gasteiger partial charge on any atom is 0.348 e. The van der Waals surface area contributed by atoms with E-state index >= 15 is 0 Å². The second-order valence-corrected chi connectivity index (χ2v) is 5.14. The van der Waals surface area contributed by atoms with E-state index in [-0.39, 0.29) is 5.03 Å². The van der Waals surface area contributed by atoms with E-state index in [4.69, 9.17) is 37.8 Å². The molecule has 0 unspecified atom stereocenters. The van der Waals surface area contributed by atoms with Crippen LogP contribution in [0, 0.1) is 0 Å². The van der Waals surface area contributed by atoms with Crippen LogP contribution in [-0.2, 0) is 4.79 Å². The van der Waals surface area contributed by atoms with Crippen molar-refractivity contribution in [2.45, 2.75) is 0 Å². The van der Waals surface area contributed by atoms with E-state index in [1.165, 1.54) is 6.20 Å². The third-order valence-electron chi connectivity index (χ3n) is 2.73. The first kappa shape index (κ1) is 17.8. The summed E-state index contributed by atoms with van der Waals surface area (Å²) in [6.07, 6.45) is 2.59. The minimum Gasteiger partial charge on any atom is -0.497 e. The molecule has 0 amide bonds. The Labute approximate surface area is 148 Å². The maximum absolute atomic E-state index is 10.6. The molecule has 1 aromatic carbocycles. The van der Waals surface area contributed by atoms with Crippen LogP contribution in [0.4, 0.5) is 5.69 Å². The number of aromatic nitrogens is 1.